The monoisotopic (exact) mass is 403 g/mol. The highest BCUT2D eigenvalue weighted by molar-refractivity contribution is 7.18. The first-order valence-electron chi connectivity index (χ1n) is 9.29. The average molecular weight is 404 g/mol. The largest absolute Gasteiger partial charge is 0.462 e. The molecule has 1 heterocycles. The maximum Gasteiger partial charge on any atom is 0.349 e. The first kappa shape index (κ1) is 21.6. The van der Waals surface area contributed by atoms with E-state index in [1.165, 1.54) is 0 Å². The van der Waals surface area contributed by atoms with Crippen molar-refractivity contribution in [3.8, 4) is 0 Å². The second kappa shape index (κ2) is 10.6. The summed E-state index contributed by atoms with van der Waals surface area (Å²) >= 11 is 1.04. The summed E-state index contributed by atoms with van der Waals surface area (Å²) in [5.41, 5.74) is 1.53. The number of esters is 2. The van der Waals surface area contributed by atoms with Crippen LogP contribution in [0.15, 0.2) is 30.3 Å². The minimum Gasteiger partial charge on any atom is -0.462 e. The number of anilines is 1. The van der Waals surface area contributed by atoms with Crippen molar-refractivity contribution in [2.45, 2.75) is 46.6 Å². The van der Waals surface area contributed by atoms with E-state index in [-0.39, 0.29) is 29.6 Å². The predicted molar refractivity (Wildman–Crippen MR) is 109 cm³/mol. The van der Waals surface area contributed by atoms with Gasteiger partial charge in [0, 0.05) is 6.42 Å². The molecule has 6 nitrogen and oxygen atoms in total. The molecule has 2 aromatic rings. The number of benzene rings is 1. The smallest absolute Gasteiger partial charge is 0.349 e. The Morgan fingerprint density at radius 3 is 2.39 bits per heavy atom. The molecule has 0 saturated carbocycles. The standard InChI is InChI=1S/C21H25NO5S/c1-4-6-12-16(23)22-19-17(20(24)26-5-2)14(3)18(28-19)21(25)27-13-15-10-8-7-9-11-15/h7-11H,4-6,12-13H2,1-3H3,(H,22,23). The van der Waals surface area contributed by atoms with Crippen molar-refractivity contribution in [3.63, 3.8) is 0 Å². The van der Waals surface area contributed by atoms with Crippen LogP contribution in [0.1, 0.15) is 64.3 Å². The summed E-state index contributed by atoms with van der Waals surface area (Å²) in [4.78, 5) is 37.4. The summed E-state index contributed by atoms with van der Waals surface area (Å²) in [6.07, 6.45) is 1.99. The van der Waals surface area contributed by atoms with Crippen molar-refractivity contribution in [1.29, 1.82) is 0 Å². The SMILES string of the molecule is CCCCC(=O)Nc1sc(C(=O)OCc2ccccc2)c(C)c1C(=O)OCC. The molecule has 1 amide bonds. The van der Waals surface area contributed by atoms with E-state index in [1.807, 2.05) is 37.3 Å². The molecule has 2 rings (SSSR count). The Balaban J connectivity index is 2.23. The van der Waals surface area contributed by atoms with Gasteiger partial charge < -0.3 is 14.8 Å². The second-order valence-electron chi connectivity index (χ2n) is 6.19. The zero-order valence-electron chi connectivity index (χ0n) is 16.4. The minimum absolute atomic E-state index is 0.129. The van der Waals surface area contributed by atoms with Gasteiger partial charge in [-0.05, 0) is 31.4 Å². The van der Waals surface area contributed by atoms with Gasteiger partial charge in [0.05, 0.1) is 12.2 Å². The molecule has 28 heavy (non-hydrogen) atoms. The highest BCUT2D eigenvalue weighted by Crippen LogP contribution is 2.34. The van der Waals surface area contributed by atoms with Gasteiger partial charge in [-0.15, -0.1) is 11.3 Å². The van der Waals surface area contributed by atoms with Gasteiger partial charge in [-0.1, -0.05) is 43.7 Å². The number of nitrogens with one attached hydrogen (secondary N) is 1. The van der Waals surface area contributed by atoms with Crippen molar-refractivity contribution in [2.24, 2.45) is 0 Å². The van der Waals surface area contributed by atoms with Crippen LogP contribution < -0.4 is 5.32 Å². The zero-order valence-corrected chi connectivity index (χ0v) is 17.2. The number of carbonyl (C=O) groups is 3. The molecule has 0 aliphatic rings. The Bertz CT molecular complexity index is 829. The lowest BCUT2D eigenvalue weighted by Crippen LogP contribution is -2.14. The van der Waals surface area contributed by atoms with Gasteiger partial charge in [-0.2, -0.15) is 0 Å². The summed E-state index contributed by atoms with van der Waals surface area (Å²) < 4.78 is 10.5. The van der Waals surface area contributed by atoms with Crippen LogP contribution in [-0.4, -0.2) is 24.5 Å². The molecular weight excluding hydrogens is 378 g/mol. The zero-order chi connectivity index (χ0) is 20.5. The van der Waals surface area contributed by atoms with E-state index >= 15 is 0 Å². The Kier molecular flexibility index (Phi) is 8.19. The van der Waals surface area contributed by atoms with Gasteiger partial charge in [-0.3, -0.25) is 4.79 Å². The highest BCUT2D eigenvalue weighted by Gasteiger charge is 2.27. The van der Waals surface area contributed by atoms with Crippen molar-refractivity contribution in [3.05, 3.63) is 51.9 Å². The maximum absolute atomic E-state index is 12.6. The van der Waals surface area contributed by atoms with E-state index < -0.39 is 11.9 Å². The molecular formula is C21H25NO5S. The van der Waals surface area contributed by atoms with Gasteiger partial charge in [0.2, 0.25) is 5.91 Å². The molecule has 0 radical (unpaired) electrons. The van der Waals surface area contributed by atoms with E-state index in [9.17, 15) is 14.4 Å². The van der Waals surface area contributed by atoms with E-state index in [1.54, 1.807) is 13.8 Å². The third-order valence-electron chi connectivity index (χ3n) is 4.03. The normalized spacial score (nSPS) is 10.4. The number of hydrogen-bond acceptors (Lipinski definition) is 6. The maximum atomic E-state index is 12.6. The molecule has 1 aromatic carbocycles. The highest BCUT2D eigenvalue weighted by atomic mass is 32.1. The van der Waals surface area contributed by atoms with Crippen LogP contribution in [0, 0.1) is 6.92 Å². The number of rotatable bonds is 9. The number of ether oxygens (including phenoxy) is 2. The summed E-state index contributed by atoms with van der Waals surface area (Å²) in [6, 6.07) is 9.33. The summed E-state index contributed by atoms with van der Waals surface area (Å²) in [5.74, 6) is -1.30. The molecule has 0 unspecified atom stereocenters. The van der Waals surface area contributed by atoms with Crippen LogP contribution in [0.5, 0.6) is 0 Å². The number of thiophene rings is 1. The fourth-order valence-corrected chi connectivity index (χ4v) is 3.67. The minimum atomic E-state index is -0.566. The first-order chi connectivity index (χ1) is 13.5. The molecule has 0 bridgehead atoms. The summed E-state index contributed by atoms with van der Waals surface area (Å²) in [6.45, 7) is 5.68. The fraction of sp³-hybridized carbons (Fsp3) is 0.381. The van der Waals surface area contributed by atoms with Gasteiger partial charge in [0.1, 0.15) is 16.5 Å². The van der Waals surface area contributed by atoms with Gasteiger partial charge in [0.15, 0.2) is 0 Å². The third kappa shape index (κ3) is 5.66. The Labute approximate surface area is 168 Å². The van der Waals surface area contributed by atoms with Crippen LogP contribution in [0.4, 0.5) is 5.00 Å². The molecule has 0 spiro atoms. The molecule has 7 heteroatoms. The Morgan fingerprint density at radius 1 is 1.04 bits per heavy atom. The Morgan fingerprint density at radius 2 is 1.75 bits per heavy atom. The summed E-state index contributed by atoms with van der Waals surface area (Å²) in [5, 5.41) is 3.07. The van der Waals surface area contributed by atoms with Gasteiger partial charge in [0.25, 0.3) is 0 Å². The van der Waals surface area contributed by atoms with E-state index in [4.69, 9.17) is 9.47 Å². The van der Waals surface area contributed by atoms with Crippen molar-refractivity contribution < 1.29 is 23.9 Å². The van der Waals surface area contributed by atoms with E-state index in [0.717, 1.165) is 29.7 Å². The second-order valence-corrected chi connectivity index (χ2v) is 7.21. The van der Waals surface area contributed by atoms with Crippen molar-refractivity contribution in [1.82, 2.24) is 0 Å². The molecule has 0 atom stereocenters. The van der Waals surface area contributed by atoms with Gasteiger partial charge >= 0.3 is 11.9 Å². The summed E-state index contributed by atoms with van der Waals surface area (Å²) in [7, 11) is 0. The molecule has 1 N–H and O–H groups in total. The number of hydrogen-bond donors (Lipinski definition) is 1. The first-order valence-corrected chi connectivity index (χ1v) is 10.1. The topological polar surface area (TPSA) is 81.7 Å². The van der Waals surface area contributed by atoms with Crippen LogP contribution in [0.3, 0.4) is 0 Å². The predicted octanol–water partition coefficient (Wildman–Crippen LogP) is 4.72. The molecule has 0 aliphatic heterocycles. The molecule has 1 aromatic heterocycles. The van der Waals surface area contributed by atoms with Crippen molar-refractivity contribution in [2.75, 3.05) is 11.9 Å². The van der Waals surface area contributed by atoms with Crippen LogP contribution in [-0.2, 0) is 20.9 Å². The van der Waals surface area contributed by atoms with Gasteiger partial charge in [-0.25, -0.2) is 9.59 Å². The lowest BCUT2D eigenvalue weighted by Gasteiger charge is -2.06. The molecule has 0 saturated heterocycles. The number of unbranched alkanes of at least 4 members (excludes halogenated alkanes) is 1. The van der Waals surface area contributed by atoms with Crippen LogP contribution in [0.25, 0.3) is 0 Å². The van der Waals surface area contributed by atoms with Crippen LogP contribution >= 0.6 is 11.3 Å². The van der Waals surface area contributed by atoms with E-state index in [2.05, 4.69) is 5.32 Å². The number of carbonyl (C=O) groups excluding carboxylic acids is 3. The average Bonchev–Trinajstić information content (AvgIpc) is 3.01. The molecule has 0 fully saturated rings. The van der Waals surface area contributed by atoms with E-state index in [0.29, 0.717) is 17.0 Å². The lowest BCUT2D eigenvalue weighted by molar-refractivity contribution is -0.116. The third-order valence-corrected chi connectivity index (χ3v) is 5.22. The number of amides is 1. The molecule has 150 valence electrons. The lowest BCUT2D eigenvalue weighted by atomic mass is 10.1. The van der Waals surface area contributed by atoms with Crippen molar-refractivity contribution >= 4 is 34.2 Å². The molecule has 0 aliphatic carbocycles. The fourth-order valence-electron chi connectivity index (χ4n) is 2.56. The quantitative estimate of drug-likeness (QED) is 0.613. The Hall–Kier alpha value is -2.67. The van der Waals surface area contributed by atoms with Crippen LogP contribution in [0.2, 0.25) is 0 Å².